The molecule has 0 spiro atoms. The van der Waals surface area contributed by atoms with Gasteiger partial charge < -0.3 is 5.11 Å². The summed E-state index contributed by atoms with van der Waals surface area (Å²) in [5.74, 6) is 4.02. The van der Waals surface area contributed by atoms with Gasteiger partial charge in [0, 0.05) is 0 Å². The predicted octanol–water partition coefficient (Wildman–Crippen LogP) is 5.85. The first-order chi connectivity index (χ1) is 12.1. The maximum absolute atomic E-state index is 14.4. The molecular formula is C22H36F2O. The van der Waals surface area contributed by atoms with Gasteiger partial charge in [-0.1, -0.05) is 19.3 Å². The molecule has 4 fully saturated rings. The third-order valence-corrected chi connectivity index (χ3v) is 8.60. The standard InChI is InChI=1S/C22H36F2O/c23-21-19(12-13-20(25)22(21)24)18-10-8-17(9-11-18)16-6-4-15(5-7-16)14-2-1-3-14/h14-22,25H,1-13H2. The third kappa shape index (κ3) is 3.77. The zero-order valence-corrected chi connectivity index (χ0v) is 15.6. The molecule has 25 heavy (non-hydrogen) atoms. The van der Waals surface area contributed by atoms with Gasteiger partial charge in [0.15, 0.2) is 6.17 Å². The van der Waals surface area contributed by atoms with Gasteiger partial charge in [0.1, 0.15) is 6.17 Å². The SMILES string of the molecule is OC1CCC(C2CCC(C3CCC(C4CCC4)CC3)CC2)C(F)C1F. The molecule has 0 amide bonds. The number of rotatable bonds is 3. The second-order valence-corrected chi connectivity index (χ2v) is 9.74. The summed E-state index contributed by atoms with van der Waals surface area (Å²) in [7, 11) is 0. The fraction of sp³-hybridized carbons (Fsp3) is 1.00. The Hall–Kier alpha value is -0.180. The Morgan fingerprint density at radius 2 is 0.920 bits per heavy atom. The molecule has 4 aliphatic carbocycles. The van der Waals surface area contributed by atoms with E-state index in [-0.39, 0.29) is 5.92 Å². The van der Waals surface area contributed by atoms with Crippen molar-refractivity contribution < 1.29 is 13.9 Å². The van der Waals surface area contributed by atoms with E-state index in [1.165, 1.54) is 57.8 Å². The van der Waals surface area contributed by atoms with Gasteiger partial charge in [0.25, 0.3) is 0 Å². The number of halogens is 2. The van der Waals surface area contributed by atoms with Gasteiger partial charge in [0.05, 0.1) is 6.10 Å². The van der Waals surface area contributed by atoms with E-state index in [4.69, 9.17) is 0 Å². The van der Waals surface area contributed by atoms with Crippen molar-refractivity contribution in [3.8, 4) is 0 Å². The molecule has 4 rings (SSSR count). The van der Waals surface area contributed by atoms with Crippen LogP contribution in [0.1, 0.15) is 83.5 Å². The van der Waals surface area contributed by atoms with Crippen molar-refractivity contribution in [3.63, 3.8) is 0 Å². The Morgan fingerprint density at radius 1 is 0.480 bits per heavy atom. The van der Waals surface area contributed by atoms with E-state index >= 15 is 0 Å². The summed E-state index contributed by atoms with van der Waals surface area (Å²) in [4.78, 5) is 0. The molecule has 144 valence electrons. The van der Waals surface area contributed by atoms with Crippen LogP contribution in [0.5, 0.6) is 0 Å². The van der Waals surface area contributed by atoms with E-state index in [1.54, 1.807) is 0 Å². The largest absolute Gasteiger partial charge is 0.390 e. The Bertz CT molecular complexity index is 422. The van der Waals surface area contributed by atoms with Crippen LogP contribution in [0, 0.1) is 35.5 Å². The highest BCUT2D eigenvalue weighted by Crippen LogP contribution is 2.48. The van der Waals surface area contributed by atoms with Crippen molar-refractivity contribution in [3.05, 3.63) is 0 Å². The molecule has 0 heterocycles. The van der Waals surface area contributed by atoms with E-state index in [0.29, 0.717) is 18.8 Å². The molecule has 4 atom stereocenters. The van der Waals surface area contributed by atoms with Gasteiger partial charge in [-0.25, -0.2) is 8.78 Å². The smallest absolute Gasteiger partial charge is 0.157 e. The van der Waals surface area contributed by atoms with Crippen LogP contribution in [-0.4, -0.2) is 23.6 Å². The predicted molar refractivity (Wildman–Crippen MR) is 96.8 cm³/mol. The summed E-state index contributed by atoms with van der Waals surface area (Å²) >= 11 is 0. The van der Waals surface area contributed by atoms with Gasteiger partial charge in [-0.3, -0.25) is 0 Å². The quantitative estimate of drug-likeness (QED) is 0.674. The summed E-state index contributed by atoms with van der Waals surface area (Å²) in [5.41, 5.74) is 0. The normalized spacial score (nSPS) is 49.6. The monoisotopic (exact) mass is 354 g/mol. The average Bonchev–Trinajstić information content (AvgIpc) is 2.59. The zero-order chi connectivity index (χ0) is 17.4. The lowest BCUT2D eigenvalue weighted by atomic mass is 9.62. The van der Waals surface area contributed by atoms with Gasteiger partial charge >= 0.3 is 0 Å². The van der Waals surface area contributed by atoms with Gasteiger partial charge in [-0.15, -0.1) is 0 Å². The lowest BCUT2D eigenvalue weighted by Gasteiger charge is -2.44. The molecular weight excluding hydrogens is 318 g/mol. The fourth-order valence-electron chi connectivity index (χ4n) is 6.67. The molecule has 3 heteroatoms. The molecule has 0 aromatic heterocycles. The summed E-state index contributed by atoms with van der Waals surface area (Å²) in [6.07, 6.45) is 11.7. The second kappa shape index (κ2) is 7.82. The molecule has 4 saturated carbocycles. The molecule has 0 saturated heterocycles. The molecule has 1 nitrogen and oxygen atoms in total. The lowest BCUT2D eigenvalue weighted by Crippen LogP contribution is -2.44. The van der Waals surface area contributed by atoms with E-state index in [9.17, 15) is 13.9 Å². The molecule has 0 aliphatic heterocycles. The van der Waals surface area contributed by atoms with Crippen LogP contribution in [0.25, 0.3) is 0 Å². The Kier molecular flexibility index (Phi) is 5.69. The van der Waals surface area contributed by atoms with Gasteiger partial charge in [-0.05, 0) is 99.7 Å². The van der Waals surface area contributed by atoms with Crippen molar-refractivity contribution in [2.45, 2.75) is 102 Å². The highest BCUT2D eigenvalue weighted by Gasteiger charge is 2.44. The van der Waals surface area contributed by atoms with Crippen molar-refractivity contribution >= 4 is 0 Å². The Labute approximate surface area is 152 Å². The Morgan fingerprint density at radius 3 is 1.36 bits per heavy atom. The molecule has 0 bridgehead atoms. The minimum atomic E-state index is -1.65. The number of aliphatic hydroxyl groups excluding tert-OH is 1. The first kappa shape index (κ1) is 18.2. The summed E-state index contributed by atoms with van der Waals surface area (Å²) in [6, 6.07) is 0. The highest BCUT2D eigenvalue weighted by molar-refractivity contribution is 4.93. The molecule has 0 aromatic carbocycles. The number of hydrogen-bond donors (Lipinski definition) is 1. The van der Waals surface area contributed by atoms with Crippen LogP contribution in [0.15, 0.2) is 0 Å². The third-order valence-electron chi connectivity index (χ3n) is 8.60. The Balaban J connectivity index is 1.23. The molecule has 4 aliphatic rings. The second-order valence-electron chi connectivity index (χ2n) is 9.74. The van der Waals surface area contributed by atoms with E-state index in [0.717, 1.165) is 36.5 Å². The van der Waals surface area contributed by atoms with Crippen LogP contribution in [0.4, 0.5) is 8.78 Å². The summed E-state index contributed by atoms with van der Waals surface area (Å²) in [6.45, 7) is 0. The minimum Gasteiger partial charge on any atom is -0.390 e. The van der Waals surface area contributed by atoms with E-state index < -0.39 is 18.4 Å². The van der Waals surface area contributed by atoms with E-state index in [2.05, 4.69) is 0 Å². The van der Waals surface area contributed by atoms with Crippen molar-refractivity contribution in [2.24, 2.45) is 35.5 Å². The lowest BCUT2D eigenvalue weighted by molar-refractivity contribution is -0.0563. The molecule has 4 unspecified atom stereocenters. The zero-order valence-electron chi connectivity index (χ0n) is 15.6. The maximum atomic E-state index is 14.4. The summed E-state index contributed by atoms with van der Waals surface area (Å²) < 4.78 is 28.2. The fourth-order valence-corrected chi connectivity index (χ4v) is 6.67. The molecule has 0 aromatic rings. The van der Waals surface area contributed by atoms with Crippen LogP contribution < -0.4 is 0 Å². The van der Waals surface area contributed by atoms with Crippen LogP contribution in [-0.2, 0) is 0 Å². The first-order valence-corrected chi connectivity index (χ1v) is 11.1. The van der Waals surface area contributed by atoms with Gasteiger partial charge in [0.2, 0.25) is 0 Å². The number of aliphatic hydroxyl groups is 1. The van der Waals surface area contributed by atoms with Crippen molar-refractivity contribution in [2.75, 3.05) is 0 Å². The number of hydrogen-bond acceptors (Lipinski definition) is 1. The first-order valence-electron chi connectivity index (χ1n) is 11.1. The van der Waals surface area contributed by atoms with Crippen LogP contribution in [0.3, 0.4) is 0 Å². The maximum Gasteiger partial charge on any atom is 0.157 e. The van der Waals surface area contributed by atoms with E-state index in [1.807, 2.05) is 0 Å². The average molecular weight is 355 g/mol. The van der Waals surface area contributed by atoms with Gasteiger partial charge in [-0.2, -0.15) is 0 Å². The number of alkyl halides is 2. The van der Waals surface area contributed by atoms with Crippen molar-refractivity contribution in [1.82, 2.24) is 0 Å². The summed E-state index contributed by atoms with van der Waals surface area (Å²) in [5, 5.41) is 9.54. The molecule has 0 radical (unpaired) electrons. The van der Waals surface area contributed by atoms with Crippen molar-refractivity contribution in [1.29, 1.82) is 0 Å². The molecule has 1 N–H and O–H groups in total. The topological polar surface area (TPSA) is 20.2 Å². The van der Waals surface area contributed by atoms with Crippen LogP contribution >= 0.6 is 0 Å². The highest BCUT2D eigenvalue weighted by atomic mass is 19.2. The minimum absolute atomic E-state index is 0.145. The van der Waals surface area contributed by atoms with Crippen LogP contribution in [0.2, 0.25) is 0 Å².